The highest BCUT2D eigenvalue weighted by atomic mass is 32.2. The van der Waals surface area contributed by atoms with E-state index in [1.165, 1.54) is 11.8 Å². The van der Waals surface area contributed by atoms with E-state index in [0.29, 0.717) is 31.6 Å². The maximum atomic E-state index is 12.5. The zero-order chi connectivity index (χ0) is 21.0. The van der Waals surface area contributed by atoms with Crippen LogP contribution in [-0.4, -0.2) is 65.5 Å². The molecule has 0 radical (unpaired) electrons. The molecule has 0 aliphatic heterocycles. The van der Waals surface area contributed by atoms with Gasteiger partial charge in [0.25, 0.3) is 0 Å². The molecule has 3 unspecified atom stereocenters. The molecule has 0 aromatic carbocycles. The van der Waals surface area contributed by atoms with Crippen molar-refractivity contribution in [2.75, 3.05) is 18.6 Å². The van der Waals surface area contributed by atoms with Crippen molar-refractivity contribution in [3.8, 4) is 0 Å². The lowest BCUT2D eigenvalue weighted by molar-refractivity contribution is -0.142. The molecule has 0 spiro atoms. The van der Waals surface area contributed by atoms with Gasteiger partial charge >= 0.3 is 5.97 Å². The minimum Gasteiger partial charge on any atom is -0.480 e. The Morgan fingerprint density at radius 2 is 1.74 bits per heavy atom. The van der Waals surface area contributed by atoms with Crippen molar-refractivity contribution < 1.29 is 19.5 Å². The molecule has 0 saturated heterocycles. The number of hydrogen-bond acceptors (Lipinski definition) is 6. The molecule has 0 heterocycles. The number of thioether (sulfide) groups is 1. The number of guanidine groups is 1. The van der Waals surface area contributed by atoms with Gasteiger partial charge < -0.3 is 32.9 Å². The molecule has 9 N–H and O–H groups in total. The van der Waals surface area contributed by atoms with Crippen molar-refractivity contribution in [2.45, 2.75) is 51.2 Å². The highest BCUT2D eigenvalue weighted by Gasteiger charge is 2.29. The summed E-state index contributed by atoms with van der Waals surface area (Å²) in [5, 5.41) is 14.3. The molecule has 0 rings (SSSR count). The number of aliphatic imine (C=N–C) groups is 1. The highest BCUT2D eigenvalue weighted by molar-refractivity contribution is 7.98. The first-order chi connectivity index (χ1) is 12.6. The van der Waals surface area contributed by atoms with E-state index in [0.717, 1.165) is 0 Å². The molecule has 0 saturated carbocycles. The summed E-state index contributed by atoms with van der Waals surface area (Å²) in [5.41, 5.74) is 16.3. The lowest BCUT2D eigenvalue weighted by atomic mass is 10.0. The Kier molecular flexibility index (Phi) is 12.2. The molecular weight excluding hydrogens is 372 g/mol. The monoisotopic (exact) mass is 404 g/mol. The van der Waals surface area contributed by atoms with Crippen molar-refractivity contribution >= 4 is 35.5 Å². The van der Waals surface area contributed by atoms with Crippen LogP contribution < -0.4 is 27.8 Å². The number of carbonyl (C=O) groups excluding carboxylic acids is 2. The normalized spacial score (nSPS) is 14.1. The Morgan fingerprint density at radius 1 is 1.11 bits per heavy atom. The summed E-state index contributed by atoms with van der Waals surface area (Å²) < 4.78 is 0. The summed E-state index contributed by atoms with van der Waals surface area (Å²) in [6, 6.07) is -2.70. The summed E-state index contributed by atoms with van der Waals surface area (Å²) in [5.74, 6) is -1.81. The van der Waals surface area contributed by atoms with E-state index < -0.39 is 35.9 Å². The van der Waals surface area contributed by atoms with Crippen LogP contribution in [0.5, 0.6) is 0 Å². The largest absolute Gasteiger partial charge is 0.480 e. The average molecular weight is 405 g/mol. The van der Waals surface area contributed by atoms with E-state index in [9.17, 15) is 19.5 Å². The van der Waals surface area contributed by atoms with Gasteiger partial charge in [-0.2, -0.15) is 11.8 Å². The van der Waals surface area contributed by atoms with Gasteiger partial charge in [0.1, 0.15) is 12.1 Å². The van der Waals surface area contributed by atoms with Gasteiger partial charge in [-0.3, -0.25) is 14.6 Å². The van der Waals surface area contributed by atoms with E-state index in [1.807, 2.05) is 6.26 Å². The van der Waals surface area contributed by atoms with Crippen molar-refractivity contribution in [1.29, 1.82) is 0 Å². The van der Waals surface area contributed by atoms with Gasteiger partial charge in [0.05, 0.1) is 6.04 Å². The number of nitrogens with two attached hydrogens (primary N) is 3. The second-order valence-corrected chi connectivity index (χ2v) is 7.45. The molecule has 27 heavy (non-hydrogen) atoms. The Hall–Kier alpha value is -2.01. The maximum Gasteiger partial charge on any atom is 0.326 e. The lowest BCUT2D eigenvalue weighted by Crippen LogP contribution is -2.56. The molecule has 156 valence electrons. The third-order valence-electron chi connectivity index (χ3n) is 3.78. The quantitative estimate of drug-likeness (QED) is 0.126. The number of amides is 2. The van der Waals surface area contributed by atoms with Gasteiger partial charge in [-0.25, -0.2) is 4.79 Å². The maximum absolute atomic E-state index is 12.5. The molecule has 0 aliphatic rings. The molecule has 0 bridgehead atoms. The zero-order valence-electron chi connectivity index (χ0n) is 16.1. The fourth-order valence-electron chi connectivity index (χ4n) is 2.20. The first-order valence-electron chi connectivity index (χ1n) is 8.73. The molecule has 11 heteroatoms. The van der Waals surface area contributed by atoms with Crippen molar-refractivity contribution in [2.24, 2.45) is 28.1 Å². The van der Waals surface area contributed by atoms with Crippen LogP contribution in [0.2, 0.25) is 0 Å². The van der Waals surface area contributed by atoms with Crippen LogP contribution >= 0.6 is 11.8 Å². The molecular formula is C16H32N6O4S. The number of carboxylic acid groups (broad SMARTS) is 1. The van der Waals surface area contributed by atoms with Crippen LogP contribution in [0.1, 0.15) is 33.1 Å². The van der Waals surface area contributed by atoms with Crippen LogP contribution in [0.4, 0.5) is 0 Å². The van der Waals surface area contributed by atoms with E-state index in [2.05, 4.69) is 15.6 Å². The Morgan fingerprint density at radius 3 is 2.22 bits per heavy atom. The van der Waals surface area contributed by atoms with E-state index >= 15 is 0 Å². The second-order valence-electron chi connectivity index (χ2n) is 6.47. The fourth-order valence-corrected chi connectivity index (χ4v) is 2.67. The number of nitrogens with zero attached hydrogens (tertiary/aromatic N) is 1. The van der Waals surface area contributed by atoms with Crippen LogP contribution in [0.3, 0.4) is 0 Å². The Labute approximate surface area is 164 Å². The van der Waals surface area contributed by atoms with Gasteiger partial charge in [-0.1, -0.05) is 13.8 Å². The van der Waals surface area contributed by atoms with Gasteiger partial charge in [0.15, 0.2) is 5.96 Å². The zero-order valence-corrected chi connectivity index (χ0v) is 16.9. The summed E-state index contributed by atoms with van der Waals surface area (Å²) in [6.07, 6.45) is 3.01. The van der Waals surface area contributed by atoms with Gasteiger partial charge in [-0.15, -0.1) is 0 Å². The number of carboxylic acids is 1. The summed E-state index contributed by atoms with van der Waals surface area (Å²) in [4.78, 5) is 39.8. The highest BCUT2D eigenvalue weighted by Crippen LogP contribution is 2.07. The minimum absolute atomic E-state index is 0.0287. The first kappa shape index (κ1) is 25.0. The molecule has 3 atom stereocenters. The third-order valence-corrected chi connectivity index (χ3v) is 4.42. The van der Waals surface area contributed by atoms with Crippen LogP contribution in [0.15, 0.2) is 4.99 Å². The van der Waals surface area contributed by atoms with Gasteiger partial charge in [-0.05, 0) is 37.2 Å². The minimum atomic E-state index is -1.11. The second kappa shape index (κ2) is 13.2. The van der Waals surface area contributed by atoms with E-state index in [-0.39, 0.29) is 11.9 Å². The van der Waals surface area contributed by atoms with Gasteiger partial charge in [0, 0.05) is 6.54 Å². The molecule has 0 fully saturated rings. The number of hydrogen-bond donors (Lipinski definition) is 6. The van der Waals surface area contributed by atoms with E-state index in [4.69, 9.17) is 17.2 Å². The predicted octanol–water partition coefficient (Wildman–Crippen LogP) is -1.17. The number of rotatable bonds is 13. The number of aliphatic carboxylic acids is 1. The Bertz CT molecular complexity index is 525. The summed E-state index contributed by atoms with van der Waals surface area (Å²) in [6.45, 7) is 3.87. The summed E-state index contributed by atoms with van der Waals surface area (Å²) in [7, 11) is 0. The standard InChI is InChI=1S/C16H32N6O4S/c1-9(2)12(14(24)21-11(15(25)26)6-8-27-3)22-13(23)10(17)5-4-7-20-16(18)19/h9-12H,4-8,17H2,1-3H3,(H,21,24)(H,22,23)(H,25,26)(H4,18,19,20). The number of nitrogens with one attached hydrogen (secondary N) is 2. The third kappa shape index (κ3) is 10.7. The van der Waals surface area contributed by atoms with Crippen molar-refractivity contribution in [1.82, 2.24) is 10.6 Å². The Balaban J connectivity index is 4.76. The SMILES string of the molecule is CSCCC(NC(=O)C(NC(=O)C(N)CCCN=C(N)N)C(C)C)C(=O)O. The smallest absolute Gasteiger partial charge is 0.326 e. The van der Waals surface area contributed by atoms with Crippen LogP contribution in [0, 0.1) is 5.92 Å². The molecule has 0 aliphatic carbocycles. The van der Waals surface area contributed by atoms with Gasteiger partial charge in [0.2, 0.25) is 11.8 Å². The molecule has 2 amide bonds. The van der Waals surface area contributed by atoms with E-state index in [1.54, 1.807) is 13.8 Å². The lowest BCUT2D eigenvalue weighted by Gasteiger charge is -2.25. The summed E-state index contributed by atoms with van der Waals surface area (Å²) >= 11 is 1.49. The number of carbonyl (C=O) groups is 3. The van der Waals surface area contributed by atoms with Crippen molar-refractivity contribution in [3.05, 3.63) is 0 Å². The topological polar surface area (TPSA) is 186 Å². The van der Waals surface area contributed by atoms with Crippen LogP contribution in [-0.2, 0) is 14.4 Å². The predicted molar refractivity (Wildman–Crippen MR) is 107 cm³/mol. The van der Waals surface area contributed by atoms with Crippen LogP contribution in [0.25, 0.3) is 0 Å². The van der Waals surface area contributed by atoms with Crippen molar-refractivity contribution in [3.63, 3.8) is 0 Å². The molecule has 0 aromatic rings. The fraction of sp³-hybridized carbons (Fsp3) is 0.750. The molecule has 0 aromatic heterocycles. The molecule has 10 nitrogen and oxygen atoms in total. The first-order valence-corrected chi connectivity index (χ1v) is 10.1. The average Bonchev–Trinajstić information content (AvgIpc) is 2.58.